The Balaban J connectivity index is 1.68. The zero-order chi connectivity index (χ0) is 21.1. The first kappa shape index (κ1) is 20.3. The number of rotatable bonds is 6. The van der Waals surface area contributed by atoms with Gasteiger partial charge in [-0.1, -0.05) is 41.1 Å². The van der Waals surface area contributed by atoms with Crippen LogP contribution in [0.1, 0.15) is 19.4 Å². The highest BCUT2D eigenvalue weighted by Gasteiger charge is 2.36. The van der Waals surface area contributed by atoms with E-state index in [0.717, 1.165) is 15.8 Å². The van der Waals surface area contributed by atoms with Gasteiger partial charge in [0.25, 0.3) is 5.91 Å². The molecule has 0 fully saturated rings. The van der Waals surface area contributed by atoms with Crippen molar-refractivity contribution in [2.45, 2.75) is 26.0 Å². The predicted octanol–water partition coefficient (Wildman–Crippen LogP) is 5.74. The Kier molecular flexibility index (Phi) is 5.70. The van der Waals surface area contributed by atoms with Gasteiger partial charge in [-0.25, -0.2) is 4.98 Å². The maximum Gasteiger partial charge on any atom is 0.272 e. The van der Waals surface area contributed by atoms with E-state index in [1.165, 1.54) is 11.3 Å². The van der Waals surface area contributed by atoms with Crippen LogP contribution in [0.2, 0.25) is 5.02 Å². The molecule has 0 saturated carbocycles. The SMILES string of the molecule is CC(C)(Oc1ccc(Cl)cc1)C(=O)N(Cc1cccnc1)c1nc2ccccc2s1. The van der Waals surface area contributed by atoms with Crippen LogP contribution in [0.4, 0.5) is 5.13 Å². The number of fused-ring (bicyclic) bond motifs is 1. The number of aromatic nitrogens is 2. The highest BCUT2D eigenvalue weighted by atomic mass is 35.5. The summed E-state index contributed by atoms with van der Waals surface area (Å²) in [5.74, 6) is 0.378. The predicted molar refractivity (Wildman–Crippen MR) is 121 cm³/mol. The van der Waals surface area contributed by atoms with Crippen molar-refractivity contribution in [1.29, 1.82) is 0 Å². The first-order chi connectivity index (χ1) is 14.4. The van der Waals surface area contributed by atoms with Crippen LogP contribution in [0.25, 0.3) is 10.2 Å². The van der Waals surface area contributed by atoms with E-state index in [4.69, 9.17) is 21.3 Å². The summed E-state index contributed by atoms with van der Waals surface area (Å²) in [6.07, 6.45) is 3.46. The van der Waals surface area contributed by atoms with Gasteiger partial charge in [0, 0.05) is 17.4 Å². The number of benzene rings is 2. The lowest BCUT2D eigenvalue weighted by Crippen LogP contribution is -2.48. The quantitative estimate of drug-likeness (QED) is 0.386. The molecule has 0 radical (unpaired) electrons. The molecule has 2 heterocycles. The lowest BCUT2D eigenvalue weighted by atomic mass is 10.1. The average molecular weight is 438 g/mol. The fourth-order valence-electron chi connectivity index (χ4n) is 3.04. The van der Waals surface area contributed by atoms with E-state index in [2.05, 4.69) is 4.98 Å². The second-order valence-electron chi connectivity index (χ2n) is 7.28. The van der Waals surface area contributed by atoms with E-state index >= 15 is 0 Å². The normalized spacial score (nSPS) is 11.4. The van der Waals surface area contributed by atoms with E-state index in [-0.39, 0.29) is 5.91 Å². The molecular formula is C23H20ClN3O2S. The average Bonchev–Trinajstić information content (AvgIpc) is 3.18. The second kappa shape index (κ2) is 8.42. The number of amides is 1. The Hall–Kier alpha value is -2.96. The van der Waals surface area contributed by atoms with Gasteiger partial charge in [-0.3, -0.25) is 14.7 Å². The fourth-order valence-corrected chi connectivity index (χ4v) is 4.13. The zero-order valence-electron chi connectivity index (χ0n) is 16.6. The highest BCUT2D eigenvalue weighted by molar-refractivity contribution is 7.22. The molecule has 4 aromatic rings. The van der Waals surface area contributed by atoms with Crippen LogP contribution in [-0.2, 0) is 11.3 Å². The fraction of sp³-hybridized carbons (Fsp3) is 0.174. The van der Waals surface area contributed by atoms with Crippen LogP contribution < -0.4 is 9.64 Å². The molecule has 5 nitrogen and oxygen atoms in total. The van der Waals surface area contributed by atoms with Crippen molar-refractivity contribution in [3.05, 3.63) is 83.6 Å². The van der Waals surface area contributed by atoms with Crippen molar-refractivity contribution in [2.75, 3.05) is 4.90 Å². The molecule has 0 N–H and O–H groups in total. The van der Waals surface area contributed by atoms with Gasteiger partial charge in [-0.05, 0) is 61.9 Å². The summed E-state index contributed by atoms with van der Waals surface area (Å²) in [5, 5.41) is 1.23. The van der Waals surface area contributed by atoms with E-state index in [1.807, 2.05) is 36.4 Å². The minimum Gasteiger partial charge on any atom is -0.478 e. The molecule has 4 rings (SSSR count). The van der Waals surface area contributed by atoms with Crippen molar-refractivity contribution in [3.63, 3.8) is 0 Å². The third-order valence-electron chi connectivity index (χ3n) is 4.52. The smallest absolute Gasteiger partial charge is 0.272 e. The summed E-state index contributed by atoms with van der Waals surface area (Å²) >= 11 is 7.44. The molecule has 0 aliphatic carbocycles. The first-order valence-corrected chi connectivity index (χ1v) is 10.6. The molecule has 1 amide bonds. The van der Waals surface area contributed by atoms with E-state index in [0.29, 0.717) is 22.4 Å². The lowest BCUT2D eigenvalue weighted by molar-refractivity contribution is -0.131. The molecule has 2 aromatic heterocycles. The number of hydrogen-bond donors (Lipinski definition) is 0. The number of thiazole rings is 1. The Morgan fingerprint density at radius 3 is 2.57 bits per heavy atom. The molecule has 0 unspecified atom stereocenters. The van der Waals surface area contributed by atoms with Crippen molar-refractivity contribution in [1.82, 2.24) is 9.97 Å². The summed E-state index contributed by atoms with van der Waals surface area (Å²) in [7, 11) is 0. The monoisotopic (exact) mass is 437 g/mol. The second-order valence-corrected chi connectivity index (χ2v) is 8.73. The summed E-state index contributed by atoms with van der Waals surface area (Å²) in [5.41, 5.74) is 0.652. The van der Waals surface area contributed by atoms with Crippen molar-refractivity contribution >= 4 is 44.2 Å². The lowest BCUT2D eigenvalue weighted by Gasteiger charge is -2.31. The molecule has 2 aromatic carbocycles. The third kappa shape index (κ3) is 4.45. The largest absolute Gasteiger partial charge is 0.478 e. The molecule has 0 spiro atoms. The van der Waals surface area contributed by atoms with Gasteiger partial charge in [-0.2, -0.15) is 0 Å². The number of pyridine rings is 1. The third-order valence-corrected chi connectivity index (χ3v) is 5.84. The minimum atomic E-state index is -1.12. The van der Waals surface area contributed by atoms with Gasteiger partial charge in [0.05, 0.1) is 16.8 Å². The zero-order valence-corrected chi connectivity index (χ0v) is 18.2. The van der Waals surface area contributed by atoms with Crippen LogP contribution in [0.5, 0.6) is 5.75 Å². The number of anilines is 1. The molecule has 0 atom stereocenters. The number of carbonyl (C=O) groups is 1. The number of para-hydroxylation sites is 1. The number of hydrogen-bond acceptors (Lipinski definition) is 5. The van der Waals surface area contributed by atoms with Crippen LogP contribution in [-0.4, -0.2) is 21.5 Å². The van der Waals surface area contributed by atoms with E-state index in [9.17, 15) is 4.79 Å². The number of ether oxygens (including phenoxy) is 1. The topological polar surface area (TPSA) is 55.3 Å². The molecular weight excluding hydrogens is 418 g/mol. The summed E-state index contributed by atoms with van der Waals surface area (Å²) in [4.78, 5) is 24.2. The molecule has 0 saturated heterocycles. The molecule has 152 valence electrons. The Bertz CT molecular complexity index is 1130. The van der Waals surface area contributed by atoms with Crippen LogP contribution >= 0.6 is 22.9 Å². The van der Waals surface area contributed by atoms with Crippen LogP contribution in [0.15, 0.2) is 73.1 Å². The van der Waals surface area contributed by atoms with Gasteiger partial charge in [0.1, 0.15) is 5.75 Å². The Morgan fingerprint density at radius 1 is 1.10 bits per heavy atom. The summed E-state index contributed by atoms with van der Waals surface area (Å²) < 4.78 is 7.07. The van der Waals surface area contributed by atoms with Crippen molar-refractivity contribution in [3.8, 4) is 5.75 Å². The van der Waals surface area contributed by atoms with Gasteiger partial charge in [0.15, 0.2) is 10.7 Å². The Labute approximate surface area is 183 Å². The minimum absolute atomic E-state index is 0.194. The number of carbonyl (C=O) groups excluding carboxylic acids is 1. The molecule has 0 bridgehead atoms. The van der Waals surface area contributed by atoms with Crippen molar-refractivity contribution in [2.24, 2.45) is 0 Å². The first-order valence-electron chi connectivity index (χ1n) is 9.43. The molecule has 30 heavy (non-hydrogen) atoms. The molecule has 0 aliphatic rings. The van der Waals surface area contributed by atoms with Gasteiger partial charge < -0.3 is 4.74 Å². The molecule has 7 heteroatoms. The highest BCUT2D eigenvalue weighted by Crippen LogP contribution is 2.32. The van der Waals surface area contributed by atoms with Gasteiger partial charge >= 0.3 is 0 Å². The van der Waals surface area contributed by atoms with E-state index < -0.39 is 5.60 Å². The van der Waals surface area contributed by atoms with Gasteiger partial charge in [0.2, 0.25) is 0 Å². The van der Waals surface area contributed by atoms with E-state index in [1.54, 1.807) is 55.4 Å². The maximum absolute atomic E-state index is 13.6. The number of nitrogens with zero attached hydrogens (tertiary/aromatic N) is 3. The summed E-state index contributed by atoms with van der Waals surface area (Å²) in [6, 6.07) is 18.6. The molecule has 0 aliphatic heterocycles. The van der Waals surface area contributed by atoms with Crippen LogP contribution in [0, 0.1) is 0 Å². The number of halogens is 1. The van der Waals surface area contributed by atoms with Crippen LogP contribution in [0.3, 0.4) is 0 Å². The standard InChI is InChI=1S/C23H20ClN3O2S/c1-23(2,29-18-11-9-17(24)10-12-18)21(28)27(15-16-6-5-13-25-14-16)22-26-19-7-3-4-8-20(19)30-22/h3-14H,15H2,1-2H3. The summed E-state index contributed by atoms with van der Waals surface area (Å²) in [6.45, 7) is 3.86. The van der Waals surface area contributed by atoms with Gasteiger partial charge in [-0.15, -0.1) is 0 Å². The maximum atomic E-state index is 13.6. The Morgan fingerprint density at radius 2 is 1.87 bits per heavy atom. The van der Waals surface area contributed by atoms with Crippen molar-refractivity contribution < 1.29 is 9.53 Å².